The largest absolute Gasteiger partial charge is 0.310 e. The van der Waals surface area contributed by atoms with E-state index in [9.17, 15) is 13.2 Å². The van der Waals surface area contributed by atoms with Gasteiger partial charge in [-0.15, -0.1) is 0 Å². The SMILES string of the molecule is O=C(Nc1ccnn1Cc1cccc(Cl)c1Cl)C1(S(=O)(=O)c2ccccc2)CCCC1. The summed E-state index contributed by atoms with van der Waals surface area (Å²) in [7, 11) is -3.87. The van der Waals surface area contributed by atoms with Crippen LogP contribution < -0.4 is 5.32 Å². The molecule has 0 bridgehead atoms. The summed E-state index contributed by atoms with van der Waals surface area (Å²) < 4.78 is 27.0. The van der Waals surface area contributed by atoms with E-state index >= 15 is 0 Å². The minimum atomic E-state index is -3.87. The summed E-state index contributed by atoms with van der Waals surface area (Å²) in [5.74, 6) is -0.136. The molecule has 1 amide bonds. The van der Waals surface area contributed by atoms with Gasteiger partial charge in [0, 0.05) is 6.07 Å². The average Bonchev–Trinajstić information content (AvgIpc) is 3.43. The van der Waals surface area contributed by atoms with E-state index in [0.717, 1.165) is 5.56 Å². The van der Waals surface area contributed by atoms with Gasteiger partial charge in [0.25, 0.3) is 0 Å². The van der Waals surface area contributed by atoms with Crippen molar-refractivity contribution in [1.82, 2.24) is 9.78 Å². The third-order valence-corrected chi connectivity index (χ3v) is 9.08. The Morgan fingerprint density at radius 3 is 2.45 bits per heavy atom. The maximum atomic E-state index is 13.5. The van der Waals surface area contributed by atoms with Crippen LogP contribution in [0.3, 0.4) is 0 Å². The van der Waals surface area contributed by atoms with Crippen molar-refractivity contribution in [2.24, 2.45) is 0 Å². The molecule has 6 nitrogen and oxygen atoms in total. The van der Waals surface area contributed by atoms with Crippen LogP contribution in [0.4, 0.5) is 5.82 Å². The Kier molecular flexibility index (Phi) is 6.10. The number of halogens is 2. The van der Waals surface area contributed by atoms with Crippen LogP contribution in [0, 0.1) is 0 Å². The molecule has 0 atom stereocenters. The van der Waals surface area contributed by atoms with Crippen molar-refractivity contribution in [3.8, 4) is 0 Å². The lowest BCUT2D eigenvalue weighted by Crippen LogP contribution is -2.47. The van der Waals surface area contributed by atoms with Gasteiger partial charge in [-0.05, 0) is 36.6 Å². The maximum absolute atomic E-state index is 13.5. The highest BCUT2D eigenvalue weighted by Crippen LogP contribution is 2.41. The number of anilines is 1. The van der Waals surface area contributed by atoms with Gasteiger partial charge >= 0.3 is 0 Å². The molecule has 0 radical (unpaired) electrons. The standard InChI is InChI=1S/C22H21Cl2N3O3S/c23-18-10-6-7-16(20(18)24)15-27-19(11-14-25-27)26-21(28)22(12-4-5-13-22)31(29,30)17-8-2-1-3-9-17/h1-3,6-11,14H,4-5,12-13,15H2,(H,26,28). The first-order valence-electron chi connectivity index (χ1n) is 9.91. The Morgan fingerprint density at radius 2 is 1.74 bits per heavy atom. The van der Waals surface area contributed by atoms with Gasteiger partial charge in [-0.25, -0.2) is 13.1 Å². The van der Waals surface area contributed by atoms with Gasteiger partial charge in [0.1, 0.15) is 5.82 Å². The van der Waals surface area contributed by atoms with Crippen LogP contribution in [0.2, 0.25) is 10.0 Å². The number of nitrogens with one attached hydrogen (secondary N) is 1. The lowest BCUT2D eigenvalue weighted by atomic mass is 10.1. The monoisotopic (exact) mass is 477 g/mol. The van der Waals surface area contributed by atoms with Crippen molar-refractivity contribution in [2.45, 2.75) is 41.9 Å². The number of carbonyl (C=O) groups excluding carboxylic acids is 1. The first-order chi connectivity index (χ1) is 14.8. The second-order valence-electron chi connectivity index (χ2n) is 7.56. The molecule has 1 saturated carbocycles. The summed E-state index contributed by atoms with van der Waals surface area (Å²) in [6, 6.07) is 15.1. The van der Waals surface area contributed by atoms with E-state index in [2.05, 4.69) is 10.4 Å². The van der Waals surface area contributed by atoms with Crippen molar-refractivity contribution >= 4 is 44.8 Å². The fraction of sp³-hybridized carbons (Fsp3) is 0.273. The lowest BCUT2D eigenvalue weighted by Gasteiger charge is -2.27. The van der Waals surface area contributed by atoms with Gasteiger partial charge in [0.15, 0.2) is 14.6 Å². The molecule has 1 aromatic heterocycles. The molecule has 162 valence electrons. The van der Waals surface area contributed by atoms with Crippen molar-refractivity contribution in [3.63, 3.8) is 0 Å². The molecule has 2 aromatic carbocycles. The Labute approximate surface area is 191 Å². The molecule has 4 rings (SSSR count). The summed E-state index contributed by atoms with van der Waals surface area (Å²) in [5, 5.41) is 7.91. The molecule has 1 aliphatic rings. The molecule has 9 heteroatoms. The molecule has 0 unspecified atom stereocenters. The Hall–Kier alpha value is -2.35. The molecule has 0 aliphatic heterocycles. The van der Waals surface area contributed by atoms with Gasteiger partial charge in [-0.1, -0.05) is 66.4 Å². The normalized spacial score (nSPS) is 15.7. The van der Waals surface area contributed by atoms with Crippen molar-refractivity contribution in [1.29, 1.82) is 0 Å². The summed E-state index contributed by atoms with van der Waals surface area (Å²) in [6.07, 6.45) is 3.46. The van der Waals surface area contributed by atoms with Crippen LogP contribution in [0.15, 0.2) is 65.7 Å². The number of hydrogen-bond acceptors (Lipinski definition) is 4. The number of nitrogens with zero attached hydrogens (tertiary/aromatic N) is 2. The minimum absolute atomic E-state index is 0.159. The summed E-state index contributed by atoms with van der Waals surface area (Å²) in [6.45, 7) is 0.278. The number of amides is 1. The molecule has 1 fully saturated rings. The van der Waals surface area contributed by atoms with E-state index in [-0.39, 0.29) is 24.3 Å². The number of sulfone groups is 1. The highest BCUT2D eigenvalue weighted by Gasteiger charge is 2.53. The zero-order valence-corrected chi connectivity index (χ0v) is 18.9. The number of carbonyl (C=O) groups is 1. The summed E-state index contributed by atoms with van der Waals surface area (Å²) >= 11 is 12.4. The Balaban J connectivity index is 1.63. The summed E-state index contributed by atoms with van der Waals surface area (Å²) in [5.41, 5.74) is 0.737. The lowest BCUT2D eigenvalue weighted by molar-refractivity contribution is -0.118. The molecule has 1 aliphatic carbocycles. The van der Waals surface area contributed by atoms with E-state index in [0.29, 0.717) is 28.7 Å². The van der Waals surface area contributed by atoms with E-state index in [1.165, 1.54) is 12.1 Å². The molecular weight excluding hydrogens is 457 g/mol. The van der Waals surface area contributed by atoms with Crippen LogP contribution in [0.5, 0.6) is 0 Å². The zero-order chi connectivity index (χ0) is 22.1. The molecule has 31 heavy (non-hydrogen) atoms. The van der Waals surface area contributed by atoms with Crippen LogP contribution >= 0.6 is 23.2 Å². The molecule has 0 saturated heterocycles. The van der Waals surface area contributed by atoms with E-state index in [4.69, 9.17) is 23.2 Å². The second-order valence-corrected chi connectivity index (χ2v) is 10.6. The van der Waals surface area contributed by atoms with Gasteiger partial charge < -0.3 is 5.32 Å². The molecule has 1 heterocycles. The van der Waals surface area contributed by atoms with E-state index < -0.39 is 20.5 Å². The van der Waals surface area contributed by atoms with Crippen molar-refractivity contribution < 1.29 is 13.2 Å². The van der Waals surface area contributed by atoms with Crippen LogP contribution in [-0.4, -0.2) is 28.9 Å². The quantitative estimate of drug-likeness (QED) is 0.543. The molecule has 3 aromatic rings. The predicted octanol–water partition coefficient (Wildman–Crippen LogP) is 4.96. The maximum Gasteiger partial charge on any atom is 0.247 e. The average molecular weight is 478 g/mol. The van der Waals surface area contributed by atoms with Crippen molar-refractivity contribution in [3.05, 3.63) is 76.4 Å². The van der Waals surface area contributed by atoms with Crippen LogP contribution in [0.1, 0.15) is 31.2 Å². The molecule has 1 N–H and O–H groups in total. The number of aromatic nitrogens is 2. The Morgan fingerprint density at radius 1 is 1.03 bits per heavy atom. The number of benzene rings is 2. The van der Waals surface area contributed by atoms with E-state index in [1.54, 1.807) is 47.3 Å². The highest BCUT2D eigenvalue weighted by molar-refractivity contribution is 7.93. The van der Waals surface area contributed by atoms with Gasteiger partial charge in [-0.3, -0.25) is 4.79 Å². The number of rotatable bonds is 6. The molecular formula is C22H21Cl2N3O3S. The van der Waals surface area contributed by atoms with E-state index in [1.807, 2.05) is 6.07 Å². The van der Waals surface area contributed by atoms with Crippen LogP contribution in [0.25, 0.3) is 0 Å². The Bertz CT molecular complexity index is 1200. The number of hydrogen-bond donors (Lipinski definition) is 1. The predicted molar refractivity (Wildman–Crippen MR) is 121 cm³/mol. The first kappa shape index (κ1) is 21.9. The minimum Gasteiger partial charge on any atom is -0.310 e. The zero-order valence-electron chi connectivity index (χ0n) is 16.6. The third kappa shape index (κ3) is 3.97. The third-order valence-electron chi connectivity index (χ3n) is 5.70. The highest BCUT2D eigenvalue weighted by atomic mass is 35.5. The van der Waals surface area contributed by atoms with Crippen LogP contribution in [-0.2, 0) is 21.2 Å². The smallest absolute Gasteiger partial charge is 0.247 e. The second kappa shape index (κ2) is 8.65. The summed E-state index contributed by atoms with van der Waals surface area (Å²) in [4.78, 5) is 13.6. The molecule has 0 spiro atoms. The fourth-order valence-corrected chi connectivity index (χ4v) is 6.48. The van der Waals surface area contributed by atoms with Gasteiger partial charge in [-0.2, -0.15) is 5.10 Å². The first-order valence-corrected chi connectivity index (χ1v) is 12.1. The van der Waals surface area contributed by atoms with Gasteiger partial charge in [0.2, 0.25) is 5.91 Å². The fourth-order valence-electron chi connectivity index (χ4n) is 4.02. The van der Waals surface area contributed by atoms with Gasteiger partial charge in [0.05, 0.1) is 27.7 Å². The topological polar surface area (TPSA) is 81.1 Å². The van der Waals surface area contributed by atoms with Crippen molar-refractivity contribution in [2.75, 3.05) is 5.32 Å².